The summed E-state index contributed by atoms with van der Waals surface area (Å²) in [5.74, 6) is 0.604. The van der Waals surface area contributed by atoms with Crippen molar-refractivity contribution in [2.75, 3.05) is 23.4 Å². The maximum absolute atomic E-state index is 12.2. The summed E-state index contributed by atoms with van der Waals surface area (Å²) in [4.78, 5) is 18.5. The second kappa shape index (κ2) is 7.61. The van der Waals surface area contributed by atoms with Gasteiger partial charge in [-0.25, -0.2) is 9.78 Å². The highest BCUT2D eigenvalue weighted by Gasteiger charge is 2.07. The average Bonchev–Trinajstić information content (AvgIpc) is 2.64. The van der Waals surface area contributed by atoms with Crippen LogP contribution in [0.4, 0.5) is 11.5 Å². The third-order valence-electron chi connectivity index (χ3n) is 3.92. The zero-order valence-electron chi connectivity index (χ0n) is 14.3. The number of rotatable bonds is 6. The molecule has 0 aliphatic heterocycles. The second-order valence-electron chi connectivity index (χ2n) is 5.47. The topological polar surface area (TPSA) is 70.7 Å². The molecule has 0 aliphatic rings. The van der Waals surface area contributed by atoms with Gasteiger partial charge in [0.2, 0.25) is 0 Å². The molecule has 3 aromatic rings. The van der Waals surface area contributed by atoms with Crippen molar-refractivity contribution in [1.29, 1.82) is 0 Å². The van der Waals surface area contributed by atoms with Crippen LogP contribution in [0.1, 0.15) is 19.4 Å². The molecule has 6 nitrogen and oxygen atoms in total. The first-order valence-electron chi connectivity index (χ1n) is 8.24. The van der Waals surface area contributed by atoms with Crippen LogP contribution >= 0.6 is 0 Å². The Labute approximate surface area is 145 Å². The molecule has 2 aromatic heterocycles. The van der Waals surface area contributed by atoms with E-state index in [2.05, 4.69) is 34.3 Å². The normalized spacial score (nSPS) is 11.1. The van der Waals surface area contributed by atoms with Crippen molar-refractivity contribution in [3.8, 4) is 0 Å². The lowest BCUT2D eigenvalue weighted by Gasteiger charge is -2.20. The van der Waals surface area contributed by atoms with Gasteiger partial charge in [0.1, 0.15) is 11.4 Å². The maximum atomic E-state index is 12.2. The highest BCUT2D eigenvalue weighted by Crippen LogP contribution is 2.21. The van der Waals surface area contributed by atoms with E-state index in [0.29, 0.717) is 17.0 Å². The summed E-state index contributed by atoms with van der Waals surface area (Å²) in [7, 11) is 0. The van der Waals surface area contributed by atoms with Crippen LogP contribution in [-0.4, -0.2) is 24.3 Å². The minimum atomic E-state index is -0.421. The minimum Gasteiger partial charge on any atom is -0.422 e. The molecule has 1 aromatic carbocycles. The summed E-state index contributed by atoms with van der Waals surface area (Å²) >= 11 is 0. The van der Waals surface area contributed by atoms with E-state index in [1.807, 2.05) is 30.3 Å². The first kappa shape index (κ1) is 16.7. The lowest BCUT2D eigenvalue weighted by atomic mass is 10.1. The first-order chi connectivity index (χ1) is 12.2. The number of benzene rings is 1. The highest BCUT2D eigenvalue weighted by molar-refractivity contribution is 5.88. The molecule has 25 heavy (non-hydrogen) atoms. The van der Waals surface area contributed by atoms with Crippen molar-refractivity contribution in [3.05, 3.63) is 64.6 Å². The summed E-state index contributed by atoms with van der Waals surface area (Å²) in [6, 6.07) is 13.1. The van der Waals surface area contributed by atoms with E-state index in [1.165, 1.54) is 6.21 Å². The van der Waals surface area contributed by atoms with E-state index in [0.717, 1.165) is 24.2 Å². The van der Waals surface area contributed by atoms with Crippen molar-refractivity contribution in [2.24, 2.45) is 5.10 Å². The molecule has 0 atom stereocenters. The number of hydrazone groups is 1. The Morgan fingerprint density at radius 2 is 2.04 bits per heavy atom. The predicted octanol–water partition coefficient (Wildman–Crippen LogP) is 3.48. The van der Waals surface area contributed by atoms with E-state index in [4.69, 9.17) is 4.42 Å². The van der Waals surface area contributed by atoms with Gasteiger partial charge in [0.05, 0.1) is 11.8 Å². The molecule has 0 aliphatic carbocycles. The average molecular weight is 336 g/mol. The van der Waals surface area contributed by atoms with Crippen LogP contribution in [0.15, 0.2) is 63.0 Å². The molecule has 0 bridgehead atoms. The zero-order valence-corrected chi connectivity index (χ0v) is 14.3. The number of aromatic nitrogens is 1. The third-order valence-corrected chi connectivity index (χ3v) is 3.92. The van der Waals surface area contributed by atoms with Crippen molar-refractivity contribution in [2.45, 2.75) is 13.8 Å². The molecular weight excluding hydrogens is 316 g/mol. The molecule has 0 saturated heterocycles. The van der Waals surface area contributed by atoms with E-state index >= 15 is 0 Å². The number of anilines is 2. The molecule has 2 heterocycles. The summed E-state index contributed by atoms with van der Waals surface area (Å²) in [6.07, 6.45) is 3.11. The summed E-state index contributed by atoms with van der Waals surface area (Å²) in [5, 5.41) is 4.90. The molecule has 0 unspecified atom stereocenters. The third kappa shape index (κ3) is 3.85. The second-order valence-corrected chi connectivity index (χ2v) is 5.47. The Morgan fingerprint density at radius 1 is 1.20 bits per heavy atom. The maximum Gasteiger partial charge on any atom is 0.345 e. The van der Waals surface area contributed by atoms with Gasteiger partial charge in [-0.15, -0.1) is 0 Å². The molecule has 0 saturated carbocycles. The molecule has 3 rings (SSSR count). The summed E-state index contributed by atoms with van der Waals surface area (Å²) in [5.41, 5.74) is 4.35. The Kier molecular flexibility index (Phi) is 5.09. The highest BCUT2D eigenvalue weighted by atomic mass is 16.4. The van der Waals surface area contributed by atoms with Gasteiger partial charge in [-0.05, 0) is 44.2 Å². The van der Waals surface area contributed by atoms with Gasteiger partial charge in [-0.3, -0.25) is 5.43 Å². The van der Waals surface area contributed by atoms with Crippen LogP contribution in [0, 0.1) is 0 Å². The number of nitrogens with one attached hydrogen (secondary N) is 1. The zero-order chi connectivity index (χ0) is 17.6. The standard InChI is InChI=1S/C19H20N4O2/c1-3-23(4-2)16-9-8-14-11-15(19(24)25-17(14)12-16)13-21-22-18-7-5-6-10-20-18/h5-13H,3-4H2,1-2H3,(H,20,22)/b21-13+. The van der Waals surface area contributed by atoms with Crippen LogP contribution < -0.4 is 16.0 Å². The molecule has 0 amide bonds. The Balaban J connectivity index is 1.86. The number of nitrogens with zero attached hydrogens (tertiary/aromatic N) is 3. The van der Waals surface area contributed by atoms with Crippen molar-refractivity contribution < 1.29 is 4.42 Å². The Bertz CT molecular complexity index is 931. The fourth-order valence-corrected chi connectivity index (χ4v) is 2.59. The van der Waals surface area contributed by atoms with Crippen LogP contribution in [0.3, 0.4) is 0 Å². The quantitative estimate of drug-likeness (QED) is 0.424. The number of pyridine rings is 1. The van der Waals surface area contributed by atoms with Crippen LogP contribution in [0.2, 0.25) is 0 Å². The summed E-state index contributed by atoms with van der Waals surface area (Å²) < 4.78 is 5.46. The monoisotopic (exact) mass is 336 g/mol. The summed E-state index contributed by atoms with van der Waals surface area (Å²) in [6.45, 7) is 5.99. The van der Waals surface area contributed by atoms with Gasteiger partial charge >= 0.3 is 5.63 Å². The molecule has 0 fully saturated rings. The number of fused-ring (bicyclic) bond motifs is 1. The molecule has 128 valence electrons. The van der Waals surface area contributed by atoms with Gasteiger partial charge in [0, 0.05) is 36.4 Å². The van der Waals surface area contributed by atoms with Gasteiger partial charge in [0.15, 0.2) is 0 Å². The van der Waals surface area contributed by atoms with Crippen LogP contribution in [0.5, 0.6) is 0 Å². The van der Waals surface area contributed by atoms with Gasteiger partial charge in [0.25, 0.3) is 0 Å². The lowest BCUT2D eigenvalue weighted by molar-refractivity contribution is 0.559. The largest absolute Gasteiger partial charge is 0.422 e. The van der Waals surface area contributed by atoms with E-state index in [-0.39, 0.29) is 0 Å². The number of hydrogen-bond donors (Lipinski definition) is 1. The Morgan fingerprint density at radius 3 is 2.76 bits per heavy atom. The van der Waals surface area contributed by atoms with E-state index in [1.54, 1.807) is 18.3 Å². The lowest BCUT2D eigenvalue weighted by Crippen LogP contribution is -2.21. The SMILES string of the molecule is CCN(CC)c1ccc2cc(/C=N/Nc3ccccn3)c(=O)oc2c1. The van der Waals surface area contributed by atoms with Crippen molar-refractivity contribution in [3.63, 3.8) is 0 Å². The minimum absolute atomic E-state index is 0.381. The van der Waals surface area contributed by atoms with Crippen molar-refractivity contribution in [1.82, 2.24) is 4.98 Å². The predicted molar refractivity (Wildman–Crippen MR) is 101 cm³/mol. The number of hydrogen-bond acceptors (Lipinski definition) is 6. The Hall–Kier alpha value is -3.15. The van der Waals surface area contributed by atoms with E-state index in [9.17, 15) is 4.79 Å². The van der Waals surface area contributed by atoms with Gasteiger partial charge in [-0.1, -0.05) is 6.07 Å². The van der Waals surface area contributed by atoms with Gasteiger partial charge in [-0.2, -0.15) is 5.10 Å². The van der Waals surface area contributed by atoms with Gasteiger partial charge < -0.3 is 9.32 Å². The first-order valence-corrected chi connectivity index (χ1v) is 8.24. The fraction of sp³-hybridized carbons (Fsp3) is 0.211. The molecule has 0 spiro atoms. The molecule has 6 heteroatoms. The smallest absolute Gasteiger partial charge is 0.345 e. The van der Waals surface area contributed by atoms with Crippen LogP contribution in [-0.2, 0) is 0 Å². The fourth-order valence-electron chi connectivity index (χ4n) is 2.59. The van der Waals surface area contributed by atoms with Crippen molar-refractivity contribution >= 4 is 28.7 Å². The van der Waals surface area contributed by atoms with Crippen LogP contribution in [0.25, 0.3) is 11.0 Å². The molecule has 1 N–H and O–H groups in total. The molecular formula is C19H20N4O2. The molecule has 0 radical (unpaired) electrons. The van der Waals surface area contributed by atoms with E-state index < -0.39 is 5.63 Å².